The Hall–Kier alpha value is -0.0400. The van der Waals surface area contributed by atoms with Gasteiger partial charge in [0.2, 0.25) is 0 Å². The molecule has 3 rings (SSSR count). The quantitative estimate of drug-likeness (QED) is 0.392. The van der Waals surface area contributed by atoms with E-state index in [4.69, 9.17) is 0 Å². The zero-order valence-electron chi connectivity index (χ0n) is 22.1. The first kappa shape index (κ1) is 32.6. The highest BCUT2D eigenvalue weighted by atomic mass is 15.1. The highest BCUT2D eigenvalue weighted by Crippen LogP contribution is 2.15. The standard InChI is InChI=1S/C5H11N.2C5H10.3C4H10/c1-6-4-2-3-5-6;2*1-2-4-5-3-1;3*1-4(2)3/h2-5H2,1H3;2*1-5H2;3*4H,1-3H3. The molecule has 0 N–H and O–H groups in total. The van der Waals surface area contributed by atoms with Gasteiger partial charge in [-0.05, 0) is 50.7 Å². The highest BCUT2D eigenvalue weighted by molar-refractivity contribution is 4.59. The van der Waals surface area contributed by atoms with Crippen LogP contribution in [0.4, 0.5) is 0 Å². The van der Waals surface area contributed by atoms with Gasteiger partial charge in [-0.25, -0.2) is 0 Å². The Balaban J connectivity index is -0.000000271. The molecule has 0 aromatic heterocycles. The van der Waals surface area contributed by atoms with Gasteiger partial charge in [0.1, 0.15) is 0 Å². The van der Waals surface area contributed by atoms with E-state index >= 15 is 0 Å². The van der Waals surface area contributed by atoms with Crippen molar-refractivity contribution in [1.29, 1.82) is 0 Å². The fourth-order valence-electron chi connectivity index (χ4n) is 2.64. The van der Waals surface area contributed by atoms with E-state index < -0.39 is 0 Å². The van der Waals surface area contributed by atoms with Crippen LogP contribution < -0.4 is 0 Å². The lowest BCUT2D eigenvalue weighted by molar-refractivity contribution is 0.418. The third-order valence-electron chi connectivity index (χ3n) is 3.83. The number of hydrogen-bond donors (Lipinski definition) is 0. The van der Waals surface area contributed by atoms with Gasteiger partial charge in [0.05, 0.1) is 0 Å². The van der Waals surface area contributed by atoms with Crippen LogP contribution in [-0.2, 0) is 0 Å². The largest absolute Gasteiger partial charge is 0.306 e. The lowest BCUT2D eigenvalue weighted by atomic mass is 10.3. The number of nitrogens with zero attached hydrogens (tertiary/aromatic N) is 1. The molecule has 174 valence electrons. The Bertz CT molecular complexity index is 183. The molecule has 28 heavy (non-hydrogen) atoms. The summed E-state index contributed by atoms with van der Waals surface area (Å²) in [6.45, 7) is 22.1. The number of hydrogen-bond acceptors (Lipinski definition) is 1. The fraction of sp³-hybridized carbons (Fsp3) is 1.00. The van der Waals surface area contributed by atoms with Gasteiger partial charge < -0.3 is 4.90 Å². The van der Waals surface area contributed by atoms with E-state index in [2.05, 4.69) is 74.3 Å². The summed E-state index contributed by atoms with van der Waals surface area (Å²) in [5.74, 6) is 2.50. The molecule has 1 heteroatoms. The van der Waals surface area contributed by atoms with Crippen LogP contribution in [0.25, 0.3) is 0 Å². The van der Waals surface area contributed by atoms with Crippen LogP contribution in [0.2, 0.25) is 0 Å². The summed E-state index contributed by atoms with van der Waals surface area (Å²) < 4.78 is 0. The Kier molecular flexibility index (Phi) is 31.4. The summed E-state index contributed by atoms with van der Waals surface area (Å²) in [6, 6.07) is 0. The molecule has 1 aliphatic heterocycles. The Morgan fingerprint density at radius 3 is 0.571 bits per heavy atom. The molecule has 3 aliphatic rings. The first-order valence-electron chi connectivity index (χ1n) is 12.8. The maximum Gasteiger partial charge on any atom is -0.00213 e. The number of rotatable bonds is 0. The van der Waals surface area contributed by atoms with Crippen LogP contribution in [-0.4, -0.2) is 25.0 Å². The summed E-state index contributed by atoms with van der Waals surface area (Å²) in [7, 11) is 2.17. The van der Waals surface area contributed by atoms with Crippen LogP contribution in [0, 0.1) is 17.8 Å². The van der Waals surface area contributed by atoms with E-state index in [1.54, 1.807) is 0 Å². The van der Waals surface area contributed by atoms with Gasteiger partial charge >= 0.3 is 0 Å². The minimum atomic E-state index is 0.833. The molecule has 0 bridgehead atoms. The molecule has 0 aromatic carbocycles. The van der Waals surface area contributed by atoms with E-state index in [1.807, 2.05) is 0 Å². The monoisotopic (exact) mass is 399 g/mol. The first-order chi connectivity index (χ1) is 13.1. The minimum Gasteiger partial charge on any atom is -0.306 e. The Morgan fingerprint density at radius 2 is 0.500 bits per heavy atom. The predicted molar refractivity (Wildman–Crippen MR) is 134 cm³/mol. The van der Waals surface area contributed by atoms with Gasteiger partial charge in [0.25, 0.3) is 0 Å². The van der Waals surface area contributed by atoms with E-state index in [-0.39, 0.29) is 0 Å². The van der Waals surface area contributed by atoms with Crippen molar-refractivity contribution in [2.24, 2.45) is 17.8 Å². The second-order valence-electron chi connectivity index (χ2n) is 10.7. The normalized spacial score (nSPS) is 17.9. The molecule has 0 spiro atoms. The van der Waals surface area contributed by atoms with E-state index in [1.165, 1.54) is 90.1 Å². The molecule has 0 radical (unpaired) electrons. The molecule has 1 heterocycles. The molecule has 0 amide bonds. The molecule has 1 saturated heterocycles. The summed E-state index contributed by atoms with van der Waals surface area (Å²) in [6.07, 6.45) is 17.8. The predicted octanol–water partition coefficient (Wildman–Crippen LogP) is 9.60. The Morgan fingerprint density at radius 1 is 0.357 bits per heavy atom. The summed E-state index contributed by atoms with van der Waals surface area (Å²) in [4.78, 5) is 2.36. The third kappa shape index (κ3) is 56.2. The van der Waals surface area contributed by atoms with Crippen molar-refractivity contribution < 1.29 is 0 Å². The summed E-state index contributed by atoms with van der Waals surface area (Å²) in [5.41, 5.74) is 0. The zero-order valence-corrected chi connectivity index (χ0v) is 22.1. The van der Waals surface area contributed by atoms with Crippen molar-refractivity contribution in [3.8, 4) is 0 Å². The van der Waals surface area contributed by atoms with Gasteiger partial charge in [-0.2, -0.15) is 0 Å². The molecule has 1 nitrogen and oxygen atoms in total. The van der Waals surface area contributed by atoms with Crippen LogP contribution in [0.3, 0.4) is 0 Å². The average Bonchev–Trinajstić information content (AvgIpc) is 3.33. The van der Waals surface area contributed by atoms with Crippen LogP contribution in [0.5, 0.6) is 0 Å². The summed E-state index contributed by atoms with van der Waals surface area (Å²) in [5, 5.41) is 0. The maximum atomic E-state index is 2.36. The molecule has 2 saturated carbocycles. The zero-order chi connectivity index (χ0) is 22.2. The average molecular weight is 400 g/mol. The van der Waals surface area contributed by atoms with Gasteiger partial charge in [0, 0.05) is 0 Å². The first-order valence-corrected chi connectivity index (χ1v) is 12.8. The highest BCUT2D eigenvalue weighted by Gasteiger charge is 2.03. The van der Waals surface area contributed by atoms with Crippen molar-refractivity contribution in [2.45, 2.75) is 139 Å². The molecule has 0 atom stereocenters. The molecule has 2 aliphatic carbocycles. The van der Waals surface area contributed by atoms with E-state index in [9.17, 15) is 0 Å². The maximum absolute atomic E-state index is 2.36. The van der Waals surface area contributed by atoms with Crippen molar-refractivity contribution in [3.63, 3.8) is 0 Å². The van der Waals surface area contributed by atoms with Gasteiger partial charge in [-0.15, -0.1) is 0 Å². The lowest BCUT2D eigenvalue weighted by Gasteiger charge is -2.01. The van der Waals surface area contributed by atoms with Crippen LogP contribution >= 0.6 is 0 Å². The molecule has 3 fully saturated rings. The Labute approximate surface area is 182 Å². The van der Waals surface area contributed by atoms with Gasteiger partial charge in [0.15, 0.2) is 0 Å². The van der Waals surface area contributed by atoms with Crippen molar-refractivity contribution in [1.82, 2.24) is 4.90 Å². The van der Waals surface area contributed by atoms with Gasteiger partial charge in [-0.1, -0.05) is 127 Å². The van der Waals surface area contributed by atoms with E-state index in [0.29, 0.717) is 0 Å². The van der Waals surface area contributed by atoms with Crippen molar-refractivity contribution in [3.05, 3.63) is 0 Å². The van der Waals surface area contributed by atoms with Crippen LogP contribution in [0.1, 0.15) is 139 Å². The smallest absolute Gasteiger partial charge is 0.00213 e. The third-order valence-corrected chi connectivity index (χ3v) is 3.83. The minimum absolute atomic E-state index is 0.833. The second-order valence-corrected chi connectivity index (χ2v) is 10.7. The van der Waals surface area contributed by atoms with Crippen molar-refractivity contribution >= 4 is 0 Å². The van der Waals surface area contributed by atoms with Gasteiger partial charge in [-0.3, -0.25) is 0 Å². The number of likely N-dealkylation sites (tertiary alicyclic amines) is 1. The van der Waals surface area contributed by atoms with E-state index in [0.717, 1.165) is 17.8 Å². The summed E-state index contributed by atoms with van der Waals surface area (Å²) >= 11 is 0. The van der Waals surface area contributed by atoms with Crippen molar-refractivity contribution in [2.75, 3.05) is 20.1 Å². The molecular formula is C27H61N. The molecular weight excluding hydrogens is 338 g/mol. The van der Waals surface area contributed by atoms with Crippen LogP contribution in [0.15, 0.2) is 0 Å². The fourth-order valence-corrected chi connectivity index (χ4v) is 2.64. The second kappa shape index (κ2) is 27.0. The lowest BCUT2D eigenvalue weighted by Crippen LogP contribution is -2.10. The molecule has 0 aromatic rings. The molecule has 0 unspecified atom stereocenters. The SMILES string of the molecule is C1CCCC1.C1CCCC1.CC(C)C.CC(C)C.CC(C)C.CN1CCCC1. The topological polar surface area (TPSA) is 3.24 Å².